The number of pyridine rings is 1. The molecule has 0 saturated carbocycles. The van der Waals surface area contributed by atoms with Gasteiger partial charge in [0.15, 0.2) is 0 Å². The Labute approximate surface area is 153 Å². The predicted octanol–water partition coefficient (Wildman–Crippen LogP) is 3.25. The number of aryl methyl sites for hydroxylation is 1. The topological polar surface area (TPSA) is 58.3 Å². The fraction of sp³-hybridized carbons (Fsp3) is 0.350. The maximum absolute atomic E-state index is 5.45. The van der Waals surface area contributed by atoms with Gasteiger partial charge in [0.1, 0.15) is 5.82 Å². The second kappa shape index (κ2) is 7.25. The number of likely N-dealkylation sites (N-methyl/N-ethyl adjacent to an activating group) is 1. The van der Waals surface area contributed by atoms with Crippen molar-refractivity contribution >= 4 is 5.82 Å². The Morgan fingerprint density at radius 1 is 1.04 bits per heavy atom. The molecule has 0 radical (unpaired) electrons. The van der Waals surface area contributed by atoms with E-state index < -0.39 is 0 Å². The highest BCUT2D eigenvalue weighted by molar-refractivity contribution is 5.62. The monoisotopic (exact) mass is 349 g/mol. The van der Waals surface area contributed by atoms with Crippen molar-refractivity contribution < 1.29 is 4.52 Å². The lowest BCUT2D eigenvalue weighted by molar-refractivity contribution is 0.270. The molecule has 0 unspecified atom stereocenters. The number of anilines is 1. The molecule has 0 amide bonds. The van der Waals surface area contributed by atoms with E-state index in [0.29, 0.717) is 11.7 Å². The first-order valence-electron chi connectivity index (χ1n) is 9.08. The smallest absolute Gasteiger partial charge is 0.259 e. The van der Waals surface area contributed by atoms with Gasteiger partial charge < -0.3 is 14.3 Å². The maximum Gasteiger partial charge on any atom is 0.259 e. The van der Waals surface area contributed by atoms with Crippen LogP contribution < -0.4 is 4.90 Å². The van der Waals surface area contributed by atoms with Crippen LogP contribution in [-0.4, -0.2) is 52.7 Å². The van der Waals surface area contributed by atoms with E-state index >= 15 is 0 Å². The van der Waals surface area contributed by atoms with Crippen molar-refractivity contribution in [1.82, 2.24) is 20.0 Å². The molecular weight excluding hydrogens is 326 g/mol. The van der Waals surface area contributed by atoms with Gasteiger partial charge in [-0.15, -0.1) is 0 Å². The Morgan fingerprint density at radius 3 is 2.54 bits per heavy atom. The standard InChI is InChI=1S/C20H23N5O/c1-3-24-10-12-25(13-11-24)18-9-8-16(14-21-18)20-22-19(23-26-20)17-7-5-4-6-15(17)2/h4-9,14H,3,10-13H2,1-2H3. The molecule has 3 heterocycles. The summed E-state index contributed by atoms with van der Waals surface area (Å²) in [6.45, 7) is 9.56. The van der Waals surface area contributed by atoms with Gasteiger partial charge in [-0.3, -0.25) is 0 Å². The highest BCUT2D eigenvalue weighted by Crippen LogP contribution is 2.25. The van der Waals surface area contributed by atoms with Crippen LogP contribution in [0.2, 0.25) is 0 Å². The van der Waals surface area contributed by atoms with Gasteiger partial charge in [0.25, 0.3) is 5.89 Å². The SMILES string of the molecule is CCN1CCN(c2ccc(-c3nc(-c4ccccc4C)no3)cn2)CC1. The first-order chi connectivity index (χ1) is 12.7. The van der Waals surface area contributed by atoms with Crippen molar-refractivity contribution in [3.8, 4) is 22.8 Å². The minimum atomic E-state index is 0.498. The minimum Gasteiger partial charge on any atom is -0.354 e. The summed E-state index contributed by atoms with van der Waals surface area (Å²) in [5.74, 6) is 2.11. The minimum absolute atomic E-state index is 0.498. The summed E-state index contributed by atoms with van der Waals surface area (Å²) >= 11 is 0. The molecule has 1 aromatic carbocycles. The van der Waals surface area contributed by atoms with Crippen molar-refractivity contribution in [1.29, 1.82) is 0 Å². The Balaban J connectivity index is 1.50. The van der Waals surface area contributed by atoms with Crippen molar-refractivity contribution in [2.24, 2.45) is 0 Å². The molecule has 0 atom stereocenters. The fourth-order valence-electron chi connectivity index (χ4n) is 3.27. The second-order valence-electron chi connectivity index (χ2n) is 6.56. The lowest BCUT2D eigenvalue weighted by atomic mass is 10.1. The average molecular weight is 349 g/mol. The van der Waals surface area contributed by atoms with E-state index in [1.807, 2.05) is 49.5 Å². The molecule has 1 saturated heterocycles. The summed E-state index contributed by atoms with van der Waals surface area (Å²) in [7, 11) is 0. The molecule has 1 fully saturated rings. The van der Waals surface area contributed by atoms with Gasteiger partial charge in [-0.05, 0) is 31.2 Å². The van der Waals surface area contributed by atoms with Crippen molar-refractivity contribution in [3.05, 3.63) is 48.2 Å². The van der Waals surface area contributed by atoms with Crippen molar-refractivity contribution in [3.63, 3.8) is 0 Å². The number of aromatic nitrogens is 3. The van der Waals surface area contributed by atoms with E-state index in [1.165, 1.54) is 0 Å². The molecule has 0 spiro atoms. The first-order valence-corrected chi connectivity index (χ1v) is 9.08. The molecule has 4 rings (SSSR count). The van der Waals surface area contributed by atoms with Crippen LogP contribution in [0.1, 0.15) is 12.5 Å². The van der Waals surface area contributed by atoms with E-state index in [-0.39, 0.29) is 0 Å². The lowest BCUT2D eigenvalue weighted by Gasteiger charge is -2.34. The Hall–Kier alpha value is -2.73. The summed E-state index contributed by atoms with van der Waals surface area (Å²) in [6, 6.07) is 12.1. The van der Waals surface area contributed by atoms with E-state index in [9.17, 15) is 0 Å². The van der Waals surface area contributed by atoms with E-state index in [1.54, 1.807) is 0 Å². The van der Waals surface area contributed by atoms with Crippen LogP contribution in [0, 0.1) is 6.92 Å². The Kier molecular flexibility index (Phi) is 4.67. The molecule has 1 aliphatic rings. The molecule has 0 bridgehead atoms. The predicted molar refractivity (Wildman–Crippen MR) is 102 cm³/mol. The first kappa shape index (κ1) is 16.7. The molecule has 3 aromatic rings. The zero-order chi connectivity index (χ0) is 17.9. The molecule has 1 aliphatic heterocycles. The van der Waals surface area contributed by atoms with Gasteiger partial charge in [-0.25, -0.2) is 4.98 Å². The van der Waals surface area contributed by atoms with Crippen LogP contribution in [0.25, 0.3) is 22.8 Å². The third kappa shape index (κ3) is 3.32. The molecule has 2 aromatic heterocycles. The fourth-order valence-corrected chi connectivity index (χ4v) is 3.27. The Morgan fingerprint density at radius 2 is 1.85 bits per heavy atom. The van der Waals surface area contributed by atoms with E-state index in [0.717, 1.165) is 55.2 Å². The van der Waals surface area contributed by atoms with Gasteiger partial charge in [-0.1, -0.05) is 36.3 Å². The lowest BCUT2D eigenvalue weighted by Crippen LogP contribution is -2.46. The second-order valence-corrected chi connectivity index (χ2v) is 6.56. The van der Waals surface area contributed by atoms with Gasteiger partial charge in [-0.2, -0.15) is 4.98 Å². The number of rotatable bonds is 4. The van der Waals surface area contributed by atoms with E-state index in [4.69, 9.17) is 4.52 Å². The number of piperazine rings is 1. The third-order valence-corrected chi connectivity index (χ3v) is 4.95. The number of benzene rings is 1. The highest BCUT2D eigenvalue weighted by atomic mass is 16.5. The quantitative estimate of drug-likeness (QED) is 0.721. The summed E-state index contributed by atoms with van der Waals surface area (Å²) in [5.41, 5.74) is 2.95. The van der Waals surface area contributed by atoms with Crippen LogP contribution in [-0.2, 0) is 0 Å². The van der Waals surface area contributed by atoms with Crippen molar-refractivity contribution in [2.45, 2.75) is 13.8 Å². The van der Waals surface area contributed by atoms with E-state index in [2.05, 4.69) is 31.8 Å². The van der Waals surface area contributed by atoms with Crippen LogP contribution in [0.3, 0.4) is 0 Å². The maximum atomic E-state index is 5.45. The molecule has 26 heavy (non-hydrogen) atoms. The van der Waals surface area contributed by atoms with Crippen LogP contribution in [0.5, 0.6) is 0 Å². The normalized spacial score (nSPS) is 15.4. The van der Waals surface area contributed by atoms with Crippen LogP contribution >= 0.6 is 0 Å². The molecular formula is C20H23N5O. The van der Waals surface area contributed by atoms with Crippen LogP contribution in [0.15, 0.2) is 47.1 Å². The zero-order valence-electron chi connectivity index (χ0n) is 15.2. The number of hydrogen-bond acceptors (Lipinski definition) is 6. The van der Waals surface area contributed by atoms with Crippen molar-refractivity contribution in [2.75, 3.05) is 37.6 Å². The number of nitrogens with zero attached hydrogens (tertiary/aromatic N) is 5. The molecule has 0 aliphatic carbocycles. The molecule has 6 nitrogen and oxygen atoms in total. The van der Waals surface area contributed by atoms with Gasteiger partial charge >= 0.3 is 0 Å². The average Bonchev–Trinajstić information content (AvgIpc) is 3.18. The highest BCUT2D eigenvalue weighted by Gasteiger charge is 2.17. The summed E-state index contributed by atoms with van der Waals surface area (Å²) in [4.78, 5) is 13.9. The summed E-state index contributed by atoms with van der Waals surface area (Å²) < 4.78 is 5.45. The summed E-state index contributed by atoms with van der Waals surface area (Å²) in [6.07, 6.45) is 1.82. The largest absolute Gasteiger partial charge is 0.354 e. The zero-order valence-corrected chi connectivity index (χ0v) is 15.2. The molecule has 134 valence electrons. The van der Waals surface area contributed by atoms with Gasteiger partial charge in [0.2, 0.25) is 5.82 Å². The molecule has 6 heteroatoms. The van der Waals surface area contributed by atoms with Gasteiger partial charge in [0.05, 0.1) is 5.56 Å². The molecule has 0 N–H and O–H groups in total. The summed E-state index contributed by atoms with van der Waals surface area (Å²) in [5, 5.41) is 4.12. The third-order valence-electron chi connectivity index (χ3n) is 4.95. The van der Waals surface area contributed by atoms with Gasteiger partial charge in [0, 0.05) is 37.9 Å². The Bertz CT molecular complexity index is 866. The number of hydrogen-bond donors (Lipinski definition) is 0. The van der Waals surface area contributed by atoms with Crippen LogP contribution in [0.4, 0.5) is 5.82 Å².